The Morgan fingerprint density at radius 2 is 1.61 bits per heavy atom. The molecule has 0 saturated heterocycles. The van der Waals surface area contributed by atoms with Gasteiger partial charge in [0, 0.05) is 37.5 Å². The zero-order valence-corrected chi connectivity index (χ0v) is 25.3. The van der Waals surface area contributed by atoms with Crippen LogP contribution in [0.3, 0.4) is 0 Å². The van der Waals surface area contributed by atoms with Crippen LogP contribution in [0.25, 0.3) is 0 Å². The molecule has 0 aliphatic heterocycles. The molecule has 0 heterocycles. The smallest absolute Gasteiger partial charge is 0.243 e. The third-order valence-electron chi connectivity index (χ3n) is 6.51. The highest BCUT2D eigenvalue weighted by molar-refractivity contribution is 7.92. The van der Waals surface area contributed by atoms with Gasteiger partial charge in [-0.3, -0.25) is 13.9 Å². The van der Waals surface area contributed by atoms with Crippen molar-refractivity contribution in [2.75, 3.05) is 30.3 Å². The van der Waals surface area contributed by atoms with Crippen molar-refractivity contribution in [1.29, 1.82) is 0 Å². The fourth-order valence-electron chi connectivity index (χ4n) is 4.58. The van der Waals surface area contributed by atoms with Gasteiger partial charge in [0.05, 0.1) is 18.6 Å². The van der Waals surface area contributed by atoms with Crippen LogP contribution in [0, 0.1) is 0 Å². The Bertz CT molecular complexity index is 1400. The van der Waals surface area contributed by atoms with E-state index in [1.54, 1.807) is 35.2 Å². The Kier molecular flexibility index (Phi) is 12.0. The van der Waals surface area contributed by atoms with Gasteiger partial charge in [0.15, 0.2) is 0 Å². The van der Waals surface area contributed by atoms with Crippen molar-refractivity contribution in [3.63, 3.8) is 0 Å². The SMILES string of the molecule is CCNC(=O)C(Cc1ccccc1)N(Cc1ccccc1Cl)C(=O)CCCN(c1ccccc1OCC)S(C)(=O)=O. The van der Waals surface area contributed by atoms with Gasteiger partial charge in [0.25, 0.3) is 0 Å². The third-order valence-corrected chi connectivity index (χ3v) is 8.06. The minimum Gasteiger partial charge on any atom is -0.492 e. The highest BCUT2D eigenvalue weighted by Gasteiger charge is 2.31. The number of hydrogen-bond acceptors (Lipinski definition) is 5. The maximum Gasteiger partial charge on any atom is 0.243 e. The van der Waals surface area contributed by atoms with Crippen LogP contribution in [-0.4, -0.2) is 57.1 Å². The van der Waals surface area contributed by atoms with Gasteiger partial charge in [-0.2, -0.15) is 0 Å². The second-order valence-corrected chi connectivity index (χ2v) is 11.9. The van der Waals surface area contributed by atoms with E-state index in [4.69, 9.17) is 16.3 Å². The summed E-state index contributed by atoms with van der Waals surface area (Å²) in [5, 5.41) is 3.36. The molecule has 8 nitrogen and oxygen atoms in total. The predicted molar refractivity (Wildman–Crippen MR) is 164 cm³/mol. The normalized spacial score (nSPS) is 11.9. The summed E-state index contributed by atoms with van der Waals surface area (Å²) >= 11 is 6.46. The van der Waals surface area contributed by atoms with Crippen LogP contribution in [0.2, 0.25) is 5.02 Å². The van der Waals surface area contributed by atoms with Gasteiger partial charge in [-0.1, -0.05) is 72.3 Å². The third kappa shape index (κ3) is 9.23. The standard InChI is InChI=1S/C31H38ClN3O5S/c1-4-33-31(37)28(22-24-14-7-6-8-15-24)34(23-25-16-9-10-17-26(25)32)30(36)20-13-21-35(41(3,38)39)27-18-11-12-19-29(27)40-5-2/h6-12,14-19,28H,4-5,13,20-23H2,1-3H3,(H,33,37). The molecule has 0 radical (unpaired) electrons. The molecule has 0 aromatic heterocycles. The summed E-state index contributed by atoms with van der Waals surface area (Å²) in [6, 6.07) is 22.9. The van der Waals surface area contributed by atoms with E-state index in [9.17, 15) is 18.0 Å². The zero-order valence-electron chi connectivity index (χ0n) is 23.8. The highest BCUT2D eigenvalue weighted by atomic mass is 35.5. The number of carbonyl (C=O) groups excluding carboxylic acids is 2. The fourth-order valence-corrected chi connectivity index (χ4v) is 5.74. The molecule has 0 aliphatic rings. The van der Waals surface area contributed by atoms with Gasteiger partial charge in [-0.15, -0.1) is 0 Å². The van der Waals surface area contributed by atoms with Gasteiger partial charge in [-0.25, -0.2) is 8.42 Å². The number of hydrogen-bond donors (Lipinski definition) is 1. The van der Waals surface area contributed by atoms with E-state index < -0.39 is 16.1 Å². The first kappa shape index (κ1) is 32.0. The quantitative estimate of drug-likeness (QED) is 0.263. The molecule has 3 aromatic rings. The second-order valence-electron chi connectivity index (χ2n) is 9.55. The average Bonchev–Trinajstić information content (AvgIpc) is 2.94. The largest absolute Gasteiger partial charge is 0.492 e. The van der Waals surface area contributed by atoms with E-state index in [-0.39, 0.29) is 37.7 Å². The van der Waals surface area contributed by atoms with Crippen LogP contribution in [0.4, 0.5) is 5.69 Å². The first-order valence-corrected chi connectivity index (χ1v) is 15.9. The van der Waals surface area contributed by atoms with Crippen LogP contribution in [-0.2, 0) is 32.6 Å². The van der Waals surface area contributed by atoms with Crippen LogP contribution in [0.1, 0.15) is 37.8 Å². The molecule has 1 unspecified atom stereocenters. The Balaban J connectivity index is 1.88. The van der Waals surface area contributed by atoms with Crippen molar-refractivity contribution in [1.82, 2.24) is 10.2 Å². The Morgan fingerprint density at radius 1 is 0.951 bits per heavy atom. The van der Waals surface area contributed by atoms with Crippen molar-refractivity contribution in [2.24, 2.45) is 0 Å². The molecule has 3 rings (SSSR count). The highest BCUT2D eigenvalue weighted by Crippen LogP contribution is 2.30. The molecule has 41 heavy (non-hydrogen) atoms. The number of likely N-dealkylation sites (N-methyl/N-ethyl adjacent to an activating group) is 1. The van der Waals surface area contributed by atoms with Gasteiger partial charge in [-0.05, 0) is 49.6 Å². The van der Waals surface area contributed by atoms with Crippen molar-refractivity contribution >= 4 is 39.1 Å². The number of anilines is 1. The molecule has 1 atom stereocenters. The number of amides is 2. The maximum absolute atomic E-state index is 13.8. The van der Waals surface area contributed by atoms with E-state index in [1.807, 2.05) is 62.4 Å². The van der Waals surface area contributed by atoms with E-state index in [0.717, 1.165) is 11.8 Å². The maximum atomic E-state index is 13.8. The lowest BCUT2D eigenvalue weighted by Crippen LogP contribution is -2.50. The van der Waals surface area contributed by atoms with Crippen molar-refractivity contribution in [3.8, 4) is 5.75 Å². The van der Waals surface area contributed by atoms with E-state index in [0.29, 0.717) is 41.6 Å². The first-order chi connectivity index (χ1) is 19.7. The number of para-hydroxylation sites is 2. The summed E-state index contributed by atoms with van der Waals surface area (Å²) in [6.07, 6.45) is 1.71. The topological polar surface area (TPSA) is 96.0 Å². The minimum atomic E-state index is -3.66. The molecule has 3 aromatic carbocycles. The fraction of sp³-hybridized carbons (Fsp3) is 0.355. The van der Waals surface area contributed by atoms with Crippen LogP contribution in [0.5, 0.6) is 5.75 Å². The number of sulfonamides is 1. The monoisotopic (exact) mass is 599 g/mol. The second kappa shape index (κ2) is 15.4. The summed E-state index contributed by atoms with van der Waals surface area (Å²) in [7, 11) is -3.66. The molecule has 2 amide bonds. The van der Waals surface area contributed by atoms with Crippen molar-refractivity contribution < 1.29 is 22.7 Å². The summed E-state index contributed by atoms with van der Waals surface area (Å²) in [6.45, 7) is 4.66. The first-order valence-electron chi connectivity index (χ1n) is 13.7. The van der Waals surface area contributed by atoms with Crippen molar-refractivity contribution in [2.45, 2.75) is 45.7 Å². The minimum absolute atomic E-state index is 0.0258. The average molecular weight is 600 g/mol. The molecule has 10 heteroatoms. The Morgan fingerprint density at radius 3 is 2.27 bits per heavy atom. The number of benzene rings is 3. The van der Waals surface area contributed by atoms with Crippen LogP contribution < -0.4 is 14.4 Å². The Labute approximate surface area is 248 Å². The Hall–Kier alpha value is -3.56. The molecule has 0 aliphatic carbocycles. The number of nitrogens with zero attached hydrogens (tertiary/aromatic N) is 2. The van der Waals surface area contributed by atoms with E-state index >= 15 is 0 Å². The molecule has 220 valence electrons. The summed E-state index contributed by atoms with van der Waals surface area (Å²) in [4.78, 5) is 28.7. The van der Waals surface area contributed by atoms with E-state index in [2.05, 4.69) is 5.32 Å². The van der Waals surface area contributed by atoms with Gasteiger partial charge >= 0.3 is 0 Å². The number of carbonyl (C=O) groups is 2. The zero-order chi connectivity index (χ0) is 29.8. The summed E-state index contributed by atoms with van der Waals surface area (Å²) in [5.74, 6) is -0.0879. The summed E-state index contributed by atoms with van der Waals surface area (Å²) in [5.41, 5.74) is 2.05. The lowest BCUT2D eigenvalue weighted by atomic mass is 10.0. The lowest BCUT2D eigenvalue weighted by molar-refractivity contribution is -0.141. The predicted octanol–water partition coefficient (Wildman–Crippen LogP) is 5.06. The van der Waals surface area contributed by atoms with Crippen LogP contribution >= 0.6 is 11.6 Å². The number of halogens is 1. The van der Waals surface area contributed by atoms with Crippen molar-refractivity contribution in [3.05, 3.63) is 95.0 Å². The molecule has 1 N–H and O–H groups in total. The van der Waals surface area contributed by atoms with Gasteiger partial charge in [0.2, 0.25) is 21.8 Å². The number of rotatable bonds is 15. The number of nitrogens with one attached hydrogen (secondary N) is 1. The lowest BCUT2D eigenvalue weighted by Gasteiger charge is -2.32. The summed E-state index contributed by atoms with van der Waals surface area (Å²) < 4.78 is 32.4. The molecule has 0 bridgehead atoms. The van der Waals surface area contributed by atoms with Gasteiger partial charge < -0.3 is 15.0 Å². The molecule has 0 spiro atoms. The number of ether oxygens (including phenoxy) is 1. The van der Waals surface area contributed by atoms with E-state index in [1.165, 1.54) is 4.31 Å². The van der Waals surface area contributed by atoms with Crippen LogP contribution in [0.15, 0.2) is 78.9 Å². The molecular weight excluding hydrogens is 562 g/mol. The molecule has 0 saturated carbocycles. The molecular formula is C31H38ClN3O5S. The molecule has 0 fully saturated rings. The van der Waals surface area contributed by atoms with Gasteiger partial charge in [0.1, 0.15) is 11.8 Å².